The van der Waals surface area contributed by atoms with Crippen LogP contribution in [0.4, 0.5) is 13.2 Å². The van der Waals surface area contributed by atoms with E-state index in [0.29, 0.717) is 12.6 Å². The monoisotopic (exact) mass is 543 g/mol. The van der Waals surface area contributed by atoms with Crippen molar-refractivity contribution in [1.29, 1.82) is 0 Å². The normalized spacial score (nSPS) is 20.4. The molecule has 1 N–H and O–H groups in total. The van der Waals surface area contributed by atoms with E-state index in [1.807, 2.05) is 0 Å². The van der Waals surface area contributed by atoms with Crippen LogP contribution in [0.3, 0.4) is 0 Å². The lowest BCUT2D eigenvalue weighted by molar-refractivity contribution is -0.0506. The highest BCUT2D eigenvalue weighted by molar-refractivity contribution is 14.0. The summed E-state index contributed by atoms with van der Waals surface area (Å²) >= 11 is 0. The van der Waals surface area contributed by atoms with Gasteiger partial charge in [-0.25, -0.2) is 4.39 Å². The Morgan fingerprint density at radius 3 is 2.70 bits per heavy atom. The van der Waals surface area contributed by atoms with Gasteiger partial charge in [0, 0.05) is 38.9 Å². The molecule has 0 aliphatic carbocycles. The fraction of sp³-hybridized carbons (Fsp3) is 0.650. The first-order chi connectivity index (χ1) is 14.1. The largest absolute Gasteiger partial charge is 0.434 e. The van der Waals surface area contributed by atoms with E-state index in [0.717, 1.165) is 45.4 Å². The summed E-state index contributed by atoms with van der Waals surface area (Å²) in [5.41, 5.74) is 0.0451. The van der Waals surface area contributed by atoms with E-state index >= 15 is 0 Å². The lowest BCUT2D eigenvalue weighted by Crippen LogP contribution is -2.47. The van der Waals surface area contributed by atoms with Crippen LogP contribution in [0.15, 0.2) is 23.2 Å². The van der Waals surface area contributed by atoms with Gasteiger partial charge in [-0.05, 0) is 37.8 Å². The Morgan fingerprint density at radius 2 is 2.07 bits per heavy atom. The van der Waals surface area contributed by atoms with E-state index in [4.69, 9.17) is 9.47 Å². The van der Waals surface area contributed by atoms with Gasteiger partial charge in [0.1, 0.15) is 11.6 Å². The van der Waals surface area contributed by atoms with Crippen molar-refractivity contribution in [3.05, 3.63) is 29.6 Å². The summed E-state index contributed by atoms with van der Waals surface area (Å²) in [6, 6.07) is 3.88. The number of aliphatic imine (C=N–C) groups is 1. The molecule has 30 heavy (non-hydrogen) atoms. The molecular weight excluding hydrogens is 514 g/mol. The molecule has 10 heteroatoms. The van der Waals surface area contributed by atoms with E-state index in [1.54, 1.807) is 7.05 Å². The molecule has 1 aromatic rings. The SMILES string of the molecule is CN=C(NCc1c(F)cccc1OC(F)F)N1CCC(OCC2CCCO2)CC1.I. The Balaban J connectivity index is 0.00000320. The predicted molar refractivity (Wildman–Crippen MR) is 118 cm³/mol. The summed E-state index contributed by atoms with van der Waals surface area (Å²) in [6.07, 6.45) is 4.27. The molecule has 2 aliphatic heterocycles. The minimum atomic E-state index is -3.01. The topological polar surface area (TPSA) is 55.3 Å². The van der Waals surface area contributed by atoms with E-state index in [1.165, 1.54) is 18.2 Å². The lowest BCUT2D eigenvalue weighted by Gasteiger charge is -2.34. The average molecular weight is 543 g/mol. The summed E-state index contributed by atoms with van der Waals surface area (Å²) < 4.78 is 55.2. The van der Waals surface area contributed by atoms with Crippen LogP contribution in [-0.4, -0.2) is 63.0 Å². The van der Waals surface area contributed by atoms with Crippen LogP contribution < -0.4 is 10.1 Å². The first-order valence-corrected chi connectivity index (χ1v) is 9.97. The Hall–Kier alpha value is -1.27. The smallest absolute Gasteiger partial charge is 0.387 e. The third-order valence-corrected chi connectivity index (χ3v) is 5.21. The molecule has 0 saturated carbocycles. The molecule has 3 rings (SSSR count). The van der Waals surface area contributed by atoms with Gasteiger partial charge in [-0.3, -0.25) is 4.99 Å². The highest BCUT2D eigenvalue weighted by Crippen LogP contribution is 2.23. The van der Waals surface area contributed by atoms with Crippen LogP contribution in [0.5, 0.6) is 5.75 Å². The zero-order valence-electron chi connectivity index (χ0n) is 17.0. The first kappa shape index (κ1) is 25.0. The van der Waals surface area contributed by atoms with Gasteiger partial charge in [-0.1, -0.05) is 6.07 Å². The quantitative estimate of drug-likeness (QED) is 0.323. The second kappa shape index (κ2) is 12.6. The van der Waals surface area contributed by atoms with Crippen LogP contribution in [0.1, 0.15) is 31.2 Å². The molecule has 0 amide bonds. The number of nitrogens with one attached hydrogen (secondary N) is 1. The van der Waals surface area contributed by atoms with Crippen molar-refractivity contribution in [3.8, 4) is 5.75 Å². The van der Waals surface area contributed by atoms with E-state index in [-0.39, 0.29) is 54.0 Å². The molecule has 2 heterocycles. The van der Waals surface area contributed by atoms with Gasteiger partial charge < -0.3 is 24.4 Å². The molecule has 2 fully saturated rings. The number of guanidine groups is 1. The highest BCUT2D eigenvalue weighted by Gasteiger charge is 2.24. The second-order valence-electron chi connectivity index (χ2n) is 7.15. The maximum atomic E-state index is 14.1. The van der Waals surface area contributed by atoms with Gasteiger partial charge in [-0.15, -0.1) is 24.0 Å². The van der Waals surface area contributed by atoms with Crippen LogP contribution in [0.25, 0.3) is 0 Å². The van der Waals surface area contributed by atoms with E-state index in [2.05, 4.69) is 19.9 Å². The summed E-state index contributed by atoms with van der Waals surface area (Å²) in [7, 11) is 1.64. The first-order valence-electron chi connectivity index (χ1n) is 9.97. The molecule has 0 bridgehead atoms. The zero-order valence-corrected chi connectivity index (χ0v) is 19.3. The number of halogens is 4. The van der Waals surface area contributed by atoms with Crippen LogP contribution in [-0.2, 0) is 16.0 Å². The molecule has 6 nitrogen and oxygen atoms in total. The number of likely N-dealkylation sites (tertiary alicyclic amines) is 1. The minimum Gasteiger partial charge on any atom is -0.434 e. The lowest BCUT2D eigenvalue weighted by atomic mass is 10.1. The second-order valence-corrected chi connectivity index (χ2v) is 7.15. The Morgan fingerprint density at radius 1 is 1.30 bits per heavy atom. The third kappa shape index (κ3) is 7.16. The number of nitrogens with zero attached hydrogens (tertiary/aromatic N) is 2. The van der Waals surface area contributed by atoms with Gasteiger partial charge in [0.15, 0.2) is 5.96 Å². The van der Waals surface area contributed by atoms with Crippen molar-refractivity contribution in [2.45, 2.75) is 51.0 Å². The average Bonchev–Trinajstić information content (AvgIpc) is 3.23. The molecule has 1 unspecified atom stereocenters. The fourth-order valence-corrected chi connectivity index (χ4v) is 3.67. The standard InChI is InChI=1S/C20H28F3N3O3.HI/c1-24-20(25-12-16-17(21)5-2-6-18(16)29-19(22)23)26-9-7-14(8-10-26)28-13-15-4-3-11-27-15;/h2,5-6,14-15,19H,3-4,7-13H2,1H3,(H,24,25);1H. The maximum Gasteiger partial charge on any atom is 0.387 e. The summed E-state index contributed by atoms with van der Waals surface area (Å²) in [5, 5.41) is 3.05. The molecule has 170 valence electrons. The number of alkyl halides is 2. The number of piperidine rings is 1. The number of hydrogen-bond acceptors (Lipinski definition) is 4. The van der Waals surface area contributed by atoms with Crippen molar-refractivity contribution in [1.82, 2.24) is 10.2 Å². The van der Waals surface area contributed by atoms with Crippen LogP contribution in [0, 0.1) is 5.82 Å². The van der Waals surface area contributed by atoms with E-state index in [9.17, 15) is 13.2 Å². The fourth-order valence-electron chi connectivity index (χ4n) is 3.67. The molecule has 0 aromatic heterocycles. The van der Waals surface area contributed by atoms with Gasteiger partial charge in [-0.2, -0.15) is 8.78 Å². The van der Waals surface area contributed by atoms with Crippen molar-refractivity contribution in [2.75, 3.05) is 33.4 Å². The van der Waals surface area contributed by atoms with Gasteiger partial charge in [0.05, 0.1) is 18.8 Å². The highest BCUT2D eigenvalue weighted by atomic mass is 127. The van der Waals surface area contributed by atoms with Crippen LogP contribution >= 0.6 is 24.0 Å². The molecule has 0 spiro atoms. The molecular formula is C20H29F3IN3O3. The Bertz CT molecular complexity index is 683. The maximum absolute atomic E-state index is 14.1. The van der Waals surface area contributed by atoms with Crippen molar-refractivity contribution in [2.24, 2.45) is 4.99 Å². The van der Waals surface area contributed by atoms with Crippen molar-refractivity contribution in [3.63, 3.8) is 0 Å². The molecule has 2 aliphatic rings. The van der Waals surface area contributed by atoms with Gasteiger partial charge in [0.2, 0.25) is 0 Å². The Kier molecular flexibility index (Phi) is 10.5. The molecule has 2 saturated heterocycles. The number of hydrogen-bond donors (Lipinski definition) is 1. The molecule has 1 atom stereocenters. The predicted octanol–water partition coefficient (Wildman–Crippen LogP) is 3.78. The Labute approximate surface area is 192 Å². The zero-order chi connectivity index (χ0) is 20.6. The van der Waals surface area contributed by atoms with E-state index < -0.39 is 12.4 Å². The van der Waals surface area contributed by atoms with Crippen LogP contribution in [0.2, 0.25) is 0 Å². The number of rotatable bonds is 7. The van der Waals surface area contributed by atoms with Crippen molar-refractivity contribution >= 4 is 29.9 Å². The minimum absolute atomic E-state index is 0. The summed E-state index contributed by atoms with van der Waals surface area (Å²) in [6.45, 7) is -0.0699. The molecule has 0 radical (unpaired) electrons. The van der Waals surface area contributed by atoms with Crippen molar-refractivity contribution < 1.29 is 27.4 Å². The summed E-state index contributed by atoms with van der Waals surface area (Å²) in [5.74, 6) is -0.189. The third-order valence-electron chi connectivity index (χ3n) is 5.21. The van der Waals surface area contributed by atoms with Gasteiger partial charge >= 0.3 is 6.61 Å². The molecule has 1 aromatic carbocycles. The number of benzene rings is 1. The summed E-state index contributed by atoms with van der Waals surface area (Å²) in [4.78, 5) is 6.30. The van der Waals surface area contributed by atoms with Gasteiger partial charge in [0.25, 0.3) is 0 Å². The number of ether oxygens (including phenoxy) is 3.